The van der Waals surface area contributed by atoms with Crippen molar-refractivity contribution >= 4 is 11.6 Å². The van der Waals surface area contributed by atoms with E-state index < -0.39 is 5.82 Å². The lowest BCUT2D eigenvalue weighted by Crippen LogP contribution is -2.28. The van der Waals surface area contributed by atoms with Crippen molar-refractivity contribution < 1.29 is 4.39 Å². The van der Waals surface area contributed by atoms with Crippen LogP contribution in [0.2, 0.25) is 5.02 Å². The summed E-state index contributed by atoms with van der Waals surface area (Å²) in [6.07, 6.45) is 3.53. The van der Waals surface area contributed by atoms with Crippen LogP contribution in [0.15, 0.2) is 30.6 Å². The predicted octanol–water partition coefficient (Wildman–Crippen LogP) is 1.77. The van der Waals surface area contributed by atoms with Gasteiger partial charge in [-0.15, -0.1) is 0 Å². The highest BCUT2D eigenvalue weighted by atomic mass is 35.5. The molecule has 2 aromatic rings. The minimum absolute atomic E-state index is 0.0756. The van der Waals surface area contributed by atoms with Crippen molar-refractivity contribution in [1.82, 2.24) is 15.2 Å². The molecule has 3 N–H and O–H groups in total. The zero-order valence-corrected chi connectivity index (χ0v) is 9.95. The molecule has 0 saturated heterocycles. The molecular formula is C11H12ClFN4. The number of aromatic nitrogens is 2. The van der Waals surface area contributed by atoms with Gasteiger partial charge in [0.2, 0.25) is 0 Å². The van der Waals surface area contributed by atoms with Gasteiger partial charge in [-0.05, 0) is 17.7 Å². The fourth-order valence-corrected chi connectivity index (χ4v) is 1.86. The van der Waals surface area contributed by atoms with Gasteiger partial charge in [-0.2, -0.15) is 5.10 Å². The van der Waals surface area contributed by atoms with Crippen LogP contribution in [0.4, 0.5) is 4.39 Å². The third kappa shape index (κ3) is 2.46. The van der Waals surface area contributed by atoms with Crippen LogP contribution in [0.25, 0.3) is 0 Å². The summed E-state index contributed by atoms with van der Waals surface area (Å²) < 4.78 is 14.7. The first-order valence-corrected chi connectivity index (χ1v) is 5.39. The van der Waals surface area contributed by atoms with Crippen molar-refractivity contribution in [2.45, 2.75) is 6.04 Å². The summed E-state index contributed by atoms with van der Waals surface area (Å²) in [4.78, 5) is 0. The van der Waals surface area contributed by atoms with Crippen LogP contribution < -0.4 is 11.3 Å². The van der Waals surface area contributed by atoms with Gasteiger partial charge >= 0.3 is 0 Å². The summed E-state index contributed by atoms with van der Waals surface area (Å²) in [6, 6.07) is 4.24. The van der Waals surface area contributed by atoms with Gasteiger partial charge in [-0.25, -0.2) is 9.82 Å². The molecule has 1 unspecified atom stereocenters. The molecule has 1 aromatic carbocycles. The van der Waals surface area contributed by atoms with Crippen LogP contribution in [0.3, 0.4) is 0 Å². The van der Waals surface area contributed by atoms with Gasteiger partial charge in [0.1, 0.15) is 5.82 Å². The molecule has 0 saturated carbocycles. The summed E-state index contributed by atoms with van der Waals surface area (Å²) in [7, 11) is 1.81. The first-order chi connectivity index (χ1) is 8.11. The van der Waals surface area contributed by atoms with Crippen molar-refractivity contribution in [2.75, 3.05) is 0 Å². The molecule has 0 aliphatic rings. The normalized spacial score (nSPS) is 12.7. The van der Waals surface area contributed by atoms with Crippen LogP contribution in [-0.4, -0.2) is 9.78 Å². The molecule has 0 aliphatic carbocycles. The molecule has 6 heteroatoms. The van der Waals surface area contributed by atoms with Crippen molar-refractivity contribution in [3.05, 3.63) is 52.6 Å². The number of hydrogen-bond donors (Lipinski definition) is 2. The largest absolute Gasteiger partial charge is 0.275 e. The van der Waals surface area contributed by atoms with E-state index in [2.05, 4.69) is 10.5 Å². The number of nitrogens with two attached hydrogens (primary N) is 1. The first-order valence-electron chi connectivity index (χ1n) is 5.01. The molecule has 2 rings (SSSR count). The molecule has 0 bridgehead atoms. The van der Waals surface area contributed by atoms with Crippen LogP contribution in [0.5, 0.6) is 0 Å². The third-order valence-corrected chi connectivity index (χ3v) is 2.79. The highest BCUT2D eigenvalue weighted by molar-refractivity contribution is 6.30. The monoisotopic (exact) mass is 254 g/mol. The van der Waals surface area contributed by atoms with Crippen molar-refractivity contribution in [3.63, 3.8) is 0 Å². The molecule has 1 aromatic heterocycles. The standard InChI is InChI=1S/C11H12ClFN4/c1-17-6-8(5-15-17)11(16-14)7-2-3-10(13)9(12)4-7/h2-6,11,16H,14H2,1H3. The Bertz CT molecular complexity index is 526. The minimum Gasteiger partial charge on any atom is -0.275 e. The molecule has 1 heterocycles. The lowest BCUT2D eigenvalue weighted by molar-refractivity contribution is 0.615. The molecule has 0 aliphatic heterocycles. The van der Waals surface area contributed by atoms with Gasteiger partial charge in [-0.3, -0.25) is 10.5 Å². The second-order valence-corrected chi connectivity index (χ2v) is 4.13. The van der Waals surface area contributed by atoms with Gasteiger partial charge in [0.15, 0.2) is 0 Å². The Morgan fingerprint density at radius 3 is 2.76 bits per heavy atom. The maximum atomic E-state index is 13.1. The number of halogens is 2. The van der Waals surface area contributed by atoms with E-state index in [1.54, 1.807) is 23.0 Å². The molecule has 90 valence electrons. The van der Waals surface area contributed by atoms with Gasteiger partial charge in [0.25, 0.3) is 0 Å². The highest BCUT2D eigenvalue weighted by Gasteiger charge is 2.15. The zero-order chi connectivity index (χ0) is 12.4. The van der Waals surface area contributed by atoms with Crippen LogP contribution in [0, 0.1) is 5.82 Å². The van der Waals surface area contributed by atoms with E-state index in [-0.39, 0.29) is 11.1 Å². The molecule has 0 fully saturated rings. The van der Waals surface area contributed by atoms with E-state index >= 15 is 0 Å². The van der Waals surface area contributed by atoms with E-state index in [1.807, 2.05) is 13.2 Å². The molecule has 0 spiro atoms. The maximum absolute atomic E-state index is 13.1. The summed E-state index contributed by atoms with van der Waals surface area (Å²) in [5, 5.41) is 4.14. The average molecular weight is 255 g/mol. The van der Waals surface area contributed by atoms with Crippen molar-refractivity contribution in [2.24, 2.45) is 12.9 Å². The Labute approximate surface area is 103 Å². The Morgan fingerprint density at radius 1 is 1.47 bits per heavy atom. The topological polar surface area (TPSA) is 55.9 Å². The zero-order valence-electron chi connectivity index (χ0n) is 9.19. The number of aryl methyl sites for hydroxylation is 1. The van der Waals surface area contributed by atoms with E-state index in [1.165, 1.54) is 6.07 Å². The lowest BCUT2D eigenvalue weighted by Gasteiger charge is -2.14. The molecular weight excluding hydrogens is 243 g/mol. The second kappa shape index (κ2) is 4.83. The Morgan fingerprint density at radius 2 is 2.24 bits per heavy atom. The van der Waals surface area contributed by atoms with Crippen molar-refractivity contribution in [3.8, 4) is 0 Å². The second-order valence-electron chi connectivity index (χ2n) is 3.72. The fourth-order valence-electron chi connectivity index (χ4n) is 1.67. The van der Waals surface area contributed by atoms with Gasteiger partial charge in [0, 0.05) is 18.8 Å². The summed E-state index contributed by atoms with van der Waals surface area (Å²) in [5.41, 5.74) is 4.33. The number of nitrogens with zero attached hydrogens (tertiary/aromatic N) is 2. The van der Waals surface area contributed by atoms with Gasteiger partial charge in [0.05, 0.1) is 17.3 Å². The average Bonchev–Trinajstić information content (AvgIpc) is 2.71. The SMILES string of the molecule is Cn1cc(C(NN)c2ccc(F)c(Cl)c2)cn1. The van der Waals surface area contributed by atoms with E-state index in [9.17, 15) is 4.39 Å². The molecule has 17 heavy (non-hydrogen) atoms. The smallest absolute Gasteiger partial charge is 0.141 e. The highest BCUT2D eigenvalue weighted by Crippen LogP contribution is 2.24. The maximum Gasteiger partial charge on any atom is 0.141 e. The number of hydrogen-bond acceptors (Lipinski definition) is 3. The molecule has 4 nitrogen and oxygen atoms in total. The van der Waals surface area contributed by atoms with Crippen LogP contribution in [-0.2, 0) is 7.05 Å². The first kappa shape index (κ1) is 12.0. The molecule has 1 atom stereocenters. The Balaban J connectivity index is 2.38. The van der Waals surface area contributed by atoms with Gasteiger partial charge < -0.3 is 0 Å². The van der Waals surface area contributed by atoms with Crippen molar-refractivity contribution in [1.29, 1.82) is 0 Å². The number of nitrogens with one attached hydrogen (secondary N) is 1. The van der Waals surface area contributed by atoms with Crippen LogP contribution >= 0.6 is 11.6 Å². The molecule has 0 radical (unpaired) electrons. The fraction of sp³-hybridized carbons (Fsp3) is 0.182. The van der Waals surface area contributed by atoms with E-state index in [0.717, 1.165) is 11.1 Å². The predicted molar refractivity (Wildman–Crippen MR) is 63.8 cm³/mol. The minimum atomic E-state index is -0.447. The number of rotatable bonds is 3. The summed E-state index contributed by atoms with van der Waals surface area (Å²) in [5.74, 6) is 5.06. The molecule has 0 amide bonds. The summed E-state index contributed by atoms with van der Waals surface area (Å²) in [6.45, 7) is 0. The quantitative estimate of drug-likeness (QED) is 0.648. The van der Waals surface area contributed by atoms with E-state index in [0.29, 0.717) is 0 Å². The number of hydrazine groups is 1. The lowest BCUT2D eigenvalue weighted by atomic mass is 10.0. The number of benzene rings is 1. The van der Waals surface area contributed by atoms with E-state index in [4.69, 9.17) is 17.4 Å². The summed E-state index contributed by atoms with van der Waals surface area (Å²) >= 11 is 5.74. The Kier molecular flexibility index (Phi) is 3.42. The van der Waals surface area contributed by atoms with Crippen LogP contribution in [0.1, 0.15) is 17.2 Å². The third-order valence-electron chi connectivity index (χ3n) is 2.50. The Hall–Kier alpha value is -1.43. The van der Waals surface area contributed by atoms with Gasteiger partial charge in [-0.1, -0.05) is 17.7 Å².